The molecule has 0 spiro atoms. The van der Waals surface area contributed by atoms with Crippen LogP contribution in [-0.2, 0) is 0 Å². The lowest BCUT2D eigenvalue weighted by Crippen LogP contribution is -2.02. The smallest absolute Gasteiger partial charge is 0.248 e. The van der Waals surface area contributed by atoms with Crippen molar-refractivity contribution >= 4 is 29.1 Å². The van der Waals surface area contributed by atoms with Crippen LogP contribution in [0.3, 0.4) is 0 Å². The molecule has 3 aromatic rings. The summed E-state index contributed by atoms with van der Waals surface area (Å²) in [5.74, 6) is 0.120. The Kier molecular flexibility index (Phi) is 3.45. The highest BCUT2D eigenvalue weighted by atomic mass is 35.5. The highest BCUT2D eigenvalue weighted by Gasteiger charge is 2.20. The molecule has 3 N–H and O–H groups in total. The molecule has 0 aliphatic heterocycles. The van der Waals surface area contributed by atoms with Crippen LogP contribution in [0.4, 0.5) is 5.88 Å². The summed E-state index contributed by atoms with van der Waals surface area (Å²) in [6, 6.07) is 8.13. The van der Waals surface area contributed by atoms with Gasteiger partial charge in [0, 0.05) is 28.4 Å². The maximum Gasteiger partial charge on any atom is 0.248 e. The Morgan fingerprint density at radius 2 is 2.00 bits per heavy atom. The van der Waals surface area contributed by atoms with Gasteiger partial charge >= 0.3 is 0 Å². The minimum absolute atomic E-state index is 0.120. The summed E-state index contributed by atoms with van der Waals surface area (Å²) < 4.78 is 5.05. The quantitative estimate of drug-likeness (QED) is 0.755. The minimum atomic E-state index is -0.248. The Bertz CT molecular complexity index is 871. The van der Waals surface area contributed by atoms with E-state index in [1.54, 1.807) is 24.3 Å². The van der Waals surface area contributed by atoms with E-state index in [4.69, 9.17) is 33.5 Å². The van der Waals surface area contributed by atoms with Crippen LogP contribution in [0.15, 0.2) is 45.8 Å². The fourth-order valence-electron chi connectivity index (χ4n) is 2.04. The zero-order valence-electron chi connectivity index (χ0n) is 10.6. The van der Waals surface area contributed by atoms with Gasteiger partial charge in [0.15, 0.2) is 0 Å². The number of aromatic amines is 1. The van der Waals surface area contributed by atoms with Gasteiger partial charge in [0.25, 0.3) is 0 Å². The van der Waals surface area contributed by atoms with Crippen molar-refractivity contribution in [3.05, 3.63) is 56.9 Å². The van der Waals surface area contributed by atoms with E-state index >= 15 is 0 Å². The molecule has 1 aromatic carbocycles. The molecule has 2 heterocycles. The molecule has 0 radical (unpaired) electrons. The molecular formula is C14H9Cl2N3O2. The average molecular weight is 322 g/mol. The number of hydrogen-bond donors (Lipinski definition) is 2. The zero-order valence-corrected chi connectivity index (χ0v) is 12.1. The second kappa shape index (κ2) is 5.27. The van der Waals surface area contributed by atoms with Gasteiger partial charge in [0.1, 0.15) is 5.69 Å². The van der Waals surface area contributed by atoms with Crippen molar-refractivity contribution in [2.24, 2.45) is 0 Å². The number of nitrogens with one attached hydrogen (secondary N) is 1. The van der Waals surface area contributed by atoms with Crippen LogP contribution in [0, 0.1) is 0 Å². The maximum atomic E-state index is 11.4. The van der Waals surface area contributed by atoms with Crippen LogP contribution >= 0.6 is 23.2 Å². The number of benzene rings is 1. The predicted octanol–water partition coefficient (Wildman–Crippen LogP) is 3.59. The van der Waals surface area contributed by atoms with E-state index in [9.17, 15) is 4.79 Å². The fourth-order valence-corrected chi connectivity index (χ4v) is 2.55. The van der Waals surface area contributed by atoms with Crippen molar-refractivity contribution in [1.29, 1.82) is 0 Å². The number of H-pyrrole nitrogens is 1. The van der Waals surface area contributed by atoms with Gasteiger partial charge in [-0.3, -0.25) is 4.79 Å². The third kappa shape index (κ3) is 2.53. The molecule has 3 rings (SSSR count). The van der Waals surface area contributed by atoms with Crippen molar-refractivity contribution in [1.82, 2.24) is 10.1 Å². The van der Waals surface area contributed by atoms with E-state index in [-0.39, 0.29) is 11.4 Å². The highest BCUT2D eigenvalue weighted by molar-refractivity contribution is 6.36. The van der Waals surface area contributed by atoms with Crippen LogP contribution < -0.4 is 11.3 Å². The van der Waals surface area contributed by atoms with Crippen LogP contribution in [0.1, 0.15) is 0 Å². The van der Waals surface area contributed by atoms with E-state index in [0.717, 1.165) is 0 Å². The van der Waals surface area contributed by atoms with Crippen LogP contribution in [0.5, 0.6) is 0 Å². The van der Waals surface area contributed by atoms with Gasteiger partial charge in [0.2, 0.25) is 11.4 Å². The third-order valence-corrected chi connectivity index (χ3v) is 3.52. The second-order valence-corrected chi connectivity index (χ2v) is 5.18. The first kappa shape index (κ1) is 13.7. The Balaban J connectivity index is 2.24. The van der Waals surface area contributed by atoms with Gasteiger partial charge in [-0.25, -0.2) is 0 Å². The lowest BCUT2D eigenvalue weighted by atomic mass is 10.0. The molecule has 0 saturated heterocycles. The van der Waals surface area contributed by atoms with E-state index in [2.05, 4.69) is 10.1 Å². The molecule has 2 aromatic heterocycles. The number of anilines is 1. The minimum Gasteiger partial charge on any atom is -0.367 e. The van der Waals surface area contributed by atoms with E-state index in [1.807, 2.05) is 0 Å². The topological polar surface area (TPSA) is 84.9 Å². The Morgan fingerprint density at radius 3 is 2.71 bits per heavy atom. The zero-order chi connectivity index (χ0) is 15.0. The van der Waals surface area contributed by atoms with Crippen molar-refractivity contribution < 1.29 is 4.52 Å². The van der Waals surface area contributed by atoms with E-state index < -0.39 is 0 Å². The lowest BCUT2D eigenvalue weighted by Gasteiger charge is -2.05. The van der Waals surface area contributed by atoms with E-state index in [1.165, 1.54) is 12.3 Å². The Labute approximate surface area is 129 Å². The predicted molar refractivity (Wildman–Crippen MR) is 82.4 cm³/mol. The molecule has 0 atom stereocenters. The second-order valence-electron chi connectivity index (χ2n) is 4.34. The molecule has 0 fully saturated rings. The van der Waals surface area contributed by atoms with Crippen molar-refractivity contribution in [2.45, 2.75) is 0 Å². The summed E-state index contributed by atoms with van der Waals surface area (Å²) in [5, 5.41) is 4.85. The van der Waals surface area contributed by atoms with Crippen molar-refractivity contribution in [2.75, 3.05) is 5.73 Å². The first-order valence-corrected chi connectivity index (χ1v) is 6.71. The number of nitrogens with zero attached hydrogens (tertiary/aromatic N) is 1. The number of hydrogen-bond acceptors (Lipinski definition) is 4. The summed E-state index contributed by atoms with van der Waals surface area (Å²) in [6.07, 6.45) is 1.52. The summed E-state index contributed by atoms with van der Waals surface area (Å²) in [6.45, 7) is 0. The normalized spacial score (nSPS) is 10.8. The van der Waals surface area contributed by atoms with Crippen LogP contribution in [0.2, 0.25) is 10.0 Å². The summed E-state index contributed by atoms with van der Waals surface area (Å²) >= 11 is 12.1. The molecule has 0 saturated carbocycles. The monoisotopic (exact) mass is 321 g/mol. The first-order chi connectivity index (χ1) is 10.1. The molecular weight excluding hydrogens is 313 g/mol. The van der Waals surface area contributed by atoms with E-state index in [0.29, 0.717) is 32.4 Å². The molecule has 0 unspecified atom stereocenters. The Morgan fingerprint density at radius 1 is 1.19 bits per heavy atom. The van der Waals surface area contributed by atoms with Gasteiger partial charge in [0.05, 0.1) is 10.6 Å². The molecule has 106 valence electrons. The first-order valence-electron chi connectivity index (χ1n) is 5.96. The van der Waals surface area contributed by atoms with Gasteiger partial charge in [-0.15, -0.1) is 0 Å². The number of nitrogens with two attached hydrogens (primary N) is 1. The SMILES string of the molecule is Nc1onc(-c2cc[nH]c(=O)c2)c1-c1ccc(Cl)cc1Cl. The average Bonchev–Trinajstić information content (AvgIpc) is 2.81. The maximum absolute atomic E-state index is 11.4. The van der Waals surface area contributed by atoms with Crippen LogP contribution in [0.25, 0.3) is 22.4 Å². The molecule has 0 aliphatic carbocycles. The van der Waals surface area contributed by atoms with Crippen LogP contribution in [-0.4, -0.2) is 10.1 Å². The van der Waals surface area contributed by atoms with Crippen molar-refractivity contribution in [3.63, 3.8) is 0 Å². The van der Waals surface area contributed by atoms with Gasteiger partial charge in [-0.1, -0.05) is 34.4 Å². The molecule has 0 bridgehead atoms. The molecule has 0 aliphatic rings. The molecule has 21 heavy (non-hydrogen) atoms. The summed E-state index contributed by atoms with van der Waals surface area (Å²) in [5.41, 5.74) is 7.80. The number of pyridine rings is 1. The number of aromatic nitrogens is 2. The fraction of sp³-hybridized carbons (Fsp3) is 0. The molecule has 7 heteroatoms. The van der Waals surface area contributed by atoms with Gasteiger partial charge in [-0.05, 0) is 18.2 Å². The number of rotatable bonds is 2. The third-order valence-electron chi connectivity index (χ3n) is 2.97. The summed E-state index contributed by atoms with van der Waals surface area (Å²) in [7, 11) is 0. The van der Waals surface area contributed by atoms with Gasteiger partial charge < -0.3 is 15.2 Å². The highest BCUT2D eigenvalue weighted by Crippen LogP contribution is 2.39. The molecule has 5 nitrogen and oxygen atoms in total. The standard InChI is InChI=1S/C14H9Cl2N3O2/c15-8-1-2-9(10(16)6-8)12-13(19-21-14(12)17)7-3-4-18-11(20)5-7/h1-6H,17H2,(H,18,20). The summed E-state index contributed by atoms with van der Waals surface area (Å²) in [4.78, 5) is 14.0. The molecule has 0 amide bonds. The number of halogens is 2. The lowest BCUT2D eigenvalue weighted by molar-refractivity contribution is 0.439. The van der Waals surface area contributed by atoms with Crippen molar-refractivity contribution in [3.8, 4) is 22.4 Å². The largest absolute Gasteiger partial charge is 0.367 e. The number of nitrogen functional groups attached to an aromatic ring is 1. The Hall–Kier alpha value is -2.24. The van der Waals surface area contributed by atoms with Gasteiger partial charge in [-0.2, -0.15) is 0 Å².